The van der Waals surface area contributed by atoms with Gasteiger partial charge < -0.3 is 10.1 Å². The van der Waals surface area contributed by atoms with E-state index in [9.17, 15) is 0 Å². The van der Waals surface area contributed by atoms with Crippen LogP contribution in [0.2, 0.25) is 5.02 Å². The lowest BCUT2D eigenvalue weighted by atomic mass is 10.0. The fraction of sp³-hybridized carbons (Fsp3) is 0.294. The first-order valence-electron chi connectivity index (χ1n) is 6.88. The lowest BCUT2D eigenvalue weighted by molar-refractivity contribution is 0.333. The summed E-state index contributed by atoms with van der Waals surface area (Å²) >= 11 is 6.04. The average molecular weight is 290 g/mol. The van der Waals surface area contributed by atoms with Gasteiger partial charge in [-0.3, -0.25) is 0 Å². The minimum absolute atomic E-state index is 0.503. The molecule has 2 aromatic rings. The lowest BCUT2D eigenvalue weighted by Gasteiger charge is -2.15. The third-order valence-corrected chi connectivity index (χ3v) is 3.41. The molecule has 0 saturated heterocycles. The molecule has 0 amide bonds. The Kier molecular flexibility index (Phi) is 5.31. The summed E-state index contributed by atoms with van der Waals surface area (Å²) in [5, 5.41) is 4.06. The van der Waals surface area contributed by atoms with Gasteiger partial charge in [0, 0.05) is 12.2 Å². The van der Waals surface area contributed by atoms with E-state index >= 15 is 0 Å². The second-order valence-electron chi connectivity index (χ2n) is 4.95. The SMILES string of the molecule is CC(C)c1ccccc1NCCOc1ccccc1Cl. The smallest absolute Gasteiger partial charge is 0.137 e. The fourth-order valence-corrected chi connectivity index (χ4v) is 2.26. The van der Waals surface area contributed by atoms with Crippen LogP contribution in [0.1, 0.15) is 25.3 Å². The van der Waals surface area contributed by atoms with Crippen LogP contribution in [0.3, 0.4) is 0 Å². The van der Waals surface area contributed by atoms with Gasteiger partial charge in [0.25, 0.3) is 0 Å². The van der Waals surface area contributed by atoms with Gasteiger partial charge in [-0.05, 0) is 29.7 Å². The van der Waals surface area contributed by atoms with Crippen molar-refractivity contribution in [2.45, 2.75) is 19.8 Å². The molecule has 2 nitrogen and oxygen atoms in total. The van der Waals surface area contributed by atoms with Crippen molar-refractivity contribution in [3.05, 3.63) is 59.1 Å². The minimum Gasteiger partial charge on any atom is -0.490 e. The number of hydrogen-bond acceptors (Lipinski definition) is 2. The zero-order chi connectivity index (χ0) is 14.4. The summed E-state index contributed by atoms with van der Waals surface area (Å²) in [7, 11) is 0. The highest BCUT2D eigenvalue weighted by atomic mass is 35.5. The van der Waals surface area contributed by atoms with Crippen molar-refractivity contribution in [1.29, 1.82) is 0 Å². The van der Waals surface area contributed by atoms with Gasteiger partial charge in [0.2, 0.25) is 0 Å². The van der Waals surface area contributed by atoms with E-state index < -0.39 is 0 Å². The highest BCUT2D eigenvalue weighted by molar-refractivity contribution is 6.32. The summed E-state index contributed by atoms with van der Waals surface area (Å²) in [5.74, 6) is 1.23. The van der Waals surface area contributed by atoms with E-state index in [1.54, 1.807) is 0 Å². The molecule has 0 heterocycles. The van der Waals surface area contributed by atoms with Gasteiger partial charge >= 0.3 is 0 Å². The van der Waals surface area contributed by atoms with Gasteiger partial charge in [0.05, 0.1) is 5.02 Å². The highest BCUT2D eigenvalue weighted by Gasteiger charge is 2.05. The molecule has 0 spiro atoms. The molecule has 2 rings (SSSR count). The van der Waals surface area contributed by atoms with Crippen molar-refractivity contribution >= 4 is 17.3 Å². The average Bonchev–Trinajstić information content (AvgIpc) is 2.45. The first-order chi connectivity index (χ1) is 9.68. The standard InChI is InChI=1S/C17H20ClNO/c1-13(2)14-7-3-5-9-16(14)19-11-12-20-17-10-6-4-8-15(17)18/h3-10,13,19H,11-12H2,1-2H3. The molecule has 0 radical (unpaired) electrons. The Morgan fingerprint density at radius 2 is 1.75 bits per heavy atom. The van der Waals surface area contributed by atoms with E-state index in [1.807, 2.05) is 30.3 Å². The maximum atomic E-state index is 6.04. The van der Waals surface area contributed by atoms with Crippen LogP contribution in [0.25, 0.3) is 0 Å². The molecular weight excluding hydrogens is 270 g/mol. The predicted molar refractivity (Wildman–Crippen MR) is 86.0 cm³/mol. The van der Waals surface area contributed by atoms with Gasteiger partial charge in [-0.1, -0.05) is 55.8 Å². The van der Waals surface area contributed by atoms with Gasteiger partial charge in [-0.25, -0.2) is 0 Å². The summed E-state index contributed by atoms with van der Waals surface area (Å²) in [4.78, 5) is 0. The molecule has 3 heteroatoms. The fourth-order valence-electron chi connectivity index (χ4n) is 2.07. The van der Waals surface area contributed by atoms with E-state index in [4.69, 9.17) is 16.3 Å². The quantitative estimate of drug-likeness (QED) is 0.759. The number of rotatable bonds is 6. The van der Waals surface area contributed by atoms with Crippen molar-refractivity contribution in [1.82, 2.24) is 0 Å². The zero-order valence-electron chi connectivity index (χ0n) is 11.9. The molecule has 0 fully saturated rings. The third kappa shape index (κ3) is 3.91. The van der Waals surface area contributed by atoms with Crippen molar-refractivity contribution < 1.29 is 4.74 Å². The molecule has 0 aromatic heterocycles. The Morgan fingerprint density at radius 3 is 2.50 bits per heavy atom. The molecule has 0 bridgehead atoms. The topological polar surface area (TPSA) is 21.3 Å². The van der Waals surface area contributed by atoms with E-state index in [1.165, 1.54) is 11.3 Å². The Hall–Kier alpha value is -1.67. The first-order valence-corrected chi connectivity index (χ1v) is 7.26. The molecule has 0 unspecified atom stereocenters. The summed E-state index contributed by atoms with van der Waals surface area (Å²) in [6.45, 7) is 5.71. The van der Waals surface area contributed by atoms with Gasteiger partial charge in [0.1, 0.15) is 12.4 Å². The number of benzene rings is 2. The van der Waals surface area contributed by atoms with E-state index in [2.05, 4.69) is 37.4 Å². The van der Waals surface area contributed by atoms with E-state index in [0.717, 1.165) is 12.3 Å². The zero-order valence-corrected chi connectivity index (χ0v) is 12.7. The van der Waals surface area contributed by atoms with Crippen molar-refractivity contribution in [3.8, 4) is 5.75 Å². The normalized spacial score (nSPS) is 10.6. The summed E-state index contributed by atoms with van der Waals surface area (Å²) in [5.41, 5.74) is 2.50. The van der Waals surface area contributed by atoms with Crippen LogP contribution in [0, 0.1) is 0 Å². The maximum absolute atomic E-state index is 6.04. The Balaban J connectivity index is 1.86. The molecule has 106 valence electrons. The van der Waals surface area contributed by atoms with Crippen LogP contribution in [-0.4, -0.2) is 13.2 Å². The first kappa shape index (κ1) is 14.7. The molecule has 0 aliphatic rings. The highest BCUT2D eigenvalue weighted by Crippen LogP contribution is 2.24. The van der Waals surface area contributed by atoms with E-state index in [0.29, 0.717) is 17.5 Å². The summed E-state index contributed by atoms with van der Waals surface area (Å²) in [6, 6.07) is 15.9. The number of ether oxygens (including phenoxy) is 1. The maximum Gasteiger partial charge on any atom is 0.137 e. The molecule has 0 saturated carbocycles. The second-order valence-corrected chi connectivity index (χ2v) is 5.35. The Bertz CT molecular complexity index is 554. The number of nitrogens with one attached hydrogen (secondary N) is 1. The Labute approximate surface area is 125 Å². The molecule has 0 aliphatic heterocycles. The van der Waals surface area contributed by atoms with Crippen LogP contribution in [0.5, 0.6) is 5.75 Å². The largest absolute Gasteiger partial charge is 0.490 e. The number of anilines is 1. The molecule has 0 atom stereocenters. The molecular formula is C17H20ClNO. The monoisotopic (exact) mass is 289 g/mol. The molecule has 1 N–H and O–H groups in total. The van der Waals surface area contributed by atoms with Crippen LogP contribution >= 0.6 is 11.6 Å². The van der Waals surface area contributed by atoms with Gasteiger partial charge in [0.15, 0.2) is 0 Å². The Morgan fingerprint density at radius 1 is 1.05 bits per heavy atom. The number of halogens is 1. The third-order valence-electron chi connectivity index (χ3n) is 3.09. The number of para-hydroxylation sites is 2. The predicted octanol–water partition coefficient (Wildman–Crippen LogP) is 4.95. The minimum atomic E-state index is 0.503. The van der Waals surface area contributed by atoms with Gasteiger partial charge in [-0.15, -0.1) is 0 Å². The molecule has 0 aliphatic carbocycles. The van der Waals surface area contributed by atoms with Gasteiger partial charge in [-0.2, -0.15) is 0 Å². The summed E-state index contributed by atoms with van der Waals surface area (Å²) in [6.07, 6.45) is 0. The number of hydrogen-bond donors (Lipinski definition) is 1. The lowest BCUT2D eigenvalue weighted by Crippen LogP contribution is -2.13. The van der Waals surface area contributed by atoms with Crippen LogP contribution in [0.15, 0.2) is 48.5 Å². The van der Waals surface area contributed by atoms with Crippen LogP contribution in [0.4, 0.5) is 5.69 Å². The van der Waals surface area contributed by atoms with Crippen molar-refractivity contribution in [2.24, 2.45) is 0 Å². The second kappa shape index (κ2) is 7.20. The van der Waals surface area contributed by atoms with E-state index in [-0.39, 0.29) is 0 Å². The van der Waals surface area contributed by atoms with Crippen molar-refractivity contribution in [3.63, 3.8) is 0 Å². The summed E-state index contributed by atoms with van der Waals surface area (Å²) < 4.78 is 5.66. The van der Waals surface area contributed by atoms with Crippen LogP contribution in [-0.2, 0) is 0 Å². The molecule has 2 aromatic carbocycles. The molecule has 20 heavy (non-hydrogen) atoms. The van der Waals surface area contributed by atoms with Crippen LogP contribution < -0.4 is 10.1 Å². The van der Waals surface area contributed by atoms with Crippen molar-refractivity contribution in [2.75, 3.05) is 18.5 Å².